The molecule has 1 N–H and O–H groups in total. The van der Waals surface area contributed by atoms with Crippen molar-refractivity contribution < 1.29 is 19.3 Å². The average molecular weight is 210 g/mol. The molecule has 2 rings (SSSR count). The van der Waals surface area contributed by atoms with Crippen LogP contribution >= 0.6 is 0 Å². The fourth-order valence-electron chi connectivity index (χ4n) is 1.50. The minimum atomic E-state index is -0.333. The summed E-state index contributed by atoms with van der Waals surface area (Å²) < 4.78 is 16.2. The summed E-state index contributed by atoms with van der Waals surface area (Å²) in [6.45, 7) is 1.50. The van der Waals surface area contributed by atoms with E-state index >= 15 is 0 Å². The van der Waals surface area contributed by atoms with E-state index in [1.54, 1.807) is 0 Å². The highest BCUT2D eigenvalue weighted by Gasteiger charge is 2.21. The van der Waals surface area contributed by atoms with Gasteiger partial charge in [0.2, 0.25) is 0 Å². The molecule has 1 aliphatic rings. The molecular weight excluding hydrogens is 196 g/mol. The number of ether oxygens (including phenoxy) is 3. The summed E-state index contributed by atoms with van der Waals surface area (Å²) in [4.78, 5) is 0. The molecule has 0 radical (unpaired) electrons. The van der Waals surface area contributed by atoms with E-state index in [2.05, 4.69) is 0 Å². The Kier molecular flexibility index (Phi) is 3.55. The van der Waals surface area contributed by atoms with Crippen LogP contribution in [-0.2, 0) is 9.47 Å². The Balaban J connectivity index is 2.13. The largest absolute Gasteiger partial charge is 0.491 e. The minimum Gasteiger partial charge on any atom is -0.491 e. The molecule has 0 unspecified atom stereocenters. The van der Waals surface area contributed by atoms with Crippen LogP contribution in [0.3, 0.4) is 0 Å². The van der Waals surface area contributed by atoms with Crippen LogP contribution in [0.15, 0.2) is 24.3 Å². The first-order chi connectivity index (χ1) is 7.42. The van der Waals surface area contributed by atoms with Crippen LogP contribution in [0, 0.1) is 0 Å². The third kappa shape index (κ3) is 2.47. The molecule has 0 amide bonds. The summed E-state index contributed by atoms with van der Waals surface area (Å²) in [7, 11) is 0. The van der Waals surface area contributed by atoms with Crippen molar-refractivity contribution in [3.8, 4) is 5.75 Å². The lowest BCUT2D eigenvalue weighted by Gasteiger charge is -2.14. The van der Waals surface area contributed by atoms with Crippen LogP contribution in [0.4, 0.5) is 0 Å². The van der Waals surface area contributed by atoms with E-state index in [1.807, 2.05) is 24.3 Å². The fraction of sp³-hybridized carbons (Fsp3) is 0.455. The first-order valence-electron chi connectivity index (χ1n) is 4.97. The summed E-state index contributed by atoms with van der Waals surface area (Å²) in [6, 6.07) is 7.54. The van der Waals surface area contributed by atoms with Crippen molar-refractivity contribution in [2.75, 3.05) is 26.4 Å². The van der Waals surface area contributed by atoms with E-state index in [-0.39, 0.29) is 19.5 Å². The van der Waals surface area contributed by atoms with E-state index in [0.29, 0.717) is 19.0 Å². The topological polar surface area (TPSA) is 47.9 Å². The van der Waals surface area contributed by atoms with Crippen LogP contribution < -0.4 is 4.74 Å². The van der Waals surface area contributed by atoms with Crippen molar-refractivity contribution in [1.29, 1.82) is 0 Å². The van der Waals surface area contributed by atoms with Gasteiger partial charge < -0.3 is 19.3 Å². The molecule has 0 aliphatic carbocycles. The second-order valence-corrected chi connectivity index (χ2v) is 3.18. The van der Waals surface area contributed by atoms with Gasteiger partial charge >= 0.3 is 0 Å². The van der Waals surface area contributed by atoms with Gasteiger partial charge in [0.1, 0.15) is 12.4 Å². The third-order valence-corrected chi connectivity index (χ3v) is 2.14. The van der Waals surface area contributed by atoms with E-state index in [9.17, 15) is 0 Å². The first kappa shape index (κ1) is 10.4. The van der Waals surface area contributed by atoms with Crippen molar-refractivity contribution in [2.24, 2.45) is 0 Å². The number of hydrogen-bond acceptors (Lipinski definition) is 4. The van der Waals surface area contributed by atoms with E-state index < -0.39 is 0 Å². The fourth-order valence-corrected chi connectivity index (χ4v) is 1.50. The van der Waals surface area contributed by atoms with Gasteiger partial charge in [-0.05, 0) is 6.07 Å². The second-order valence-electron chi connectivity index (χ2n) is 3.18. The Morgan fingerprint density at radius 1 is 1.27 bits per heavy atom. The highest BCUT2D eigenvalue weighted by molar-refractivity contribution is 5.34. The zero-order chi connectivity index (χ0) is 10.5. The Labute approximate surface area is 88.4 Å². The molecule has 1 aromatic rings. The lowest BCUT2D eigenvalue weighted by molar-refractivity contribution is -0.0459. The zero-order valence-electron chi connectivity index (χ0n) is 8.39. The second kappa shape index (κ2) is 5.11. The van der Waals surface area contributed by atoms with Crippen molar-refractivity contribution in [1.82, 2.24) is 0 Å². The molecule has 0 aromatic heterocycles. The maximum atomic E-state index is 8.70. The first-order valence-corrected chi connectivity index (χ1v) is 4.97. The van der Waals surface area contributed by atoms with Gasteiger partial charge in [-0.15, -0.1) is 0 Å². The standard InChI is InChI=1S/C11H14O4/c12-5-6-13-10-4-2-1-3-9(10)11-14-7-8-15-11/h1-4,11-12H,5-8H2. The predicted molar refractivity (Wildman–Crippen MR) is 53.7 cm³/mol. The van der Waals surface area contributed by atoms with Gasteiger partial charge in [-0.25, -0.2) is 0 Å². The third-order valence-electron chi connectivity index (χ3n) is 2.14. The molecule has 4 heteroatoms. The Morgan fingerprint density at radius 3 is 2.73 bits per heavy atom. The molecule has 1 aromatic carbocycles. The molecule has 1 aliphatic heterocycles. The smallest absolute Gasteiger partial charge is 0.187 e. The van der Waals surface area contributed by atoms with Crippen LogP contribution in [0.1, 0.15) is 11.9 Å². The van der Waals surface area contributed by atoms with Gasteiger partial charge in [0.25, 0.3) is 0 Å². The van der Waals surface area contributed by atoms with Crippen molar-refractivity contribution in [3.63, 3.8) is 0 Å². The SMILES string of the molecule is OCCOc1ccccc1C1OCCO1. The maximum Gasteiger partial charge on any atom is 0.187 e. The predicted octanol–water partition coefficient (Wildman–Crippen LogP) is 1.10. The van der Waals surface area contributed by atoms with Gasteiger partial charge in [0.15, 0.2) is 6.29 Å². The molecule has 15 heavy (non-hydrogen) atoms. The number of benzene rings is 1. The lowest BCUT2D eigenvalue weighted by Crippen LogP contribution is -2.06. The zero-order valence-corrected chi connectivity index (χ0v) is 8.39. The van der Waals surface area contributed by atoms with Gasteiger partial charge in [-0.1, -0.05) is 18.2 Å². The monoisotopic (exact) mass is 210 g/mol. The molecule has 1 fully saturated rings. The van der Waals surface area contributed by atoms with Crippen molar-refractivity contribution in [2.45, 2.75) is 6.29 Å². The Morgan fingerprint density at radius 2 is 2.00 bits per heavy atom. The summed E-state index contributed by atoms with van der Waals surface area (Å²) in [5.74, 6) is 0.707. The molecule has 1 saturated heterocycles. The van der Waals surface area contributed by atoms with Gasteiger partial charge in [0, 0.05) is 5.56 Å². The summed E-state index contributed by atoms with van der Waals surface area (Å²) in [5.41, 5.74) is 0.878. The number of aliphatic hydroxyl groups is 1. The van der Waals surface area contributed by atoms with Crippen LogP contribution in [0.25, 0.3) is 0 Å². The van der Waals surface area contributed by atoms with Crippen LogP contribution in [0.5, 0.6) is 5.75 Å². The summed E-state index contributed by atoms with van der Waals surface area (Å²) in [5, 5.41) is 8.70. The Hall–Kier alpha value is -1.10. The molecule has 0 spiro atoms. The van der Waals surface area contributed by atoms with Crippen molar-refractivity contribution >= 4 is 0 Å². The number of para-hydroxylation sites is 1. The maximum absolute atomic E-state index is 8.70. The molecule has 0 atom stereocenters. The van der Waals surface area contributed by atoms with E-state index in [4.69, 9.17) is 19.3 Å². The molecular formula is C11H14O4. The number of hydrogen-bond donors (Lipinski definition) is 1. The van der Waals surface area contributed by atoms with Crippen LogP contribution in [0.2, 0.25) is 0 Å². The van der Waals surface area contributed by atoms with Gasteiger partial charge in [-0.3, -0.25) is 0 Å². The minimum absolute atomic E-state index is 0.000710. The normalized spacial score (nSPS) is 16.9. The molecule has 0 bridgehead atoms. The highest BCUT2D eigenvalue weighted by Crippen LogP contribution is 2.30. The number of rotatable bonds is 4. The molecule has 82 valence electrons. The molecule has 0 saturated carbocycles. The quantitative estimate of drug-likeness (QED) is 0.808. The average Bonchev–Trinajstić information content (AvgIpc) is 2.80. The van der Waals surface area contributed by atoms with Gasteiger partial charge in [0.05, 0.1) is 19.8 Å². The molecule has 4 nitrogen and oxygen atoms in total. The molecule has 1 heterocycles. The summed E-state index contributed by atoms with van der Waals surface area (Å²) in [6.07, 6.45) is -0.333. The lowest BCUT2D eigenvalue weighted by atomic mass is 10.2. The van der Waals surface area contributed by atoms with E-state index in [1.165, 1.54) is 0 Å². The number of aliphatic hydroxyl groups excluding tert-OH is 1. The Bertz CT molecular complexity index is 307. The highest BCUT2D eigenvalue weighted by atomic mass is 16.7. The van der Waals surface area contributed by atoms with E-state index in [0.717, 1.165) is 5.56 Å². The van der Waals surface area contributed by atoms with Gasteiger partial charge in [-0.2, -0.15) is 0 Å². The van der Waals surface area contributed by atoms with Crippen molar-refractivity contribution in [3.05, 3.63) is 29.8 Å². The van der Waals surface area contributed by atoms with Crippen LogP contribution in [-0.4, -0.2) is 31.5 Å². The summed E-state index contributed by atoms with van der Waals surface area (Å²) >= 11 is 0.